The monoisotopic (exact) mass is 252 g/mol. The van der Waals surface area contributed by atoms with Crippen molar-refractivity contribution in [2.45, 2.75) is 26.4 Å². The number of benzene rings is 1. The number of hydrogen-bond donors (Lipinski definition) is 2. The zero-order chi connectivity index (χ0) is 13.4. The molecule has 4 nitrogen and oxygen atoms in total. The minimum Gasteiger partial charge on any atom is -0.496 e. The first-order valence-corrected chi connectivity index (χ1v) is 6.44. The molecular weight excluding hydrogens is 228 g/mol. The summed E-state index contributed by atoms with van der Waals surface area (Å²) in [7, 11) is 1.66. The van der Waals surface area contributed by atoms with Gasteiger partial charge in [-0.1, -0.05) is 13.0 Å². The summed E-state index contributed by atoms with van der Waals surface area (Å²) in [5, 5.41) is 8.87. The lowest BCUT2D eigenvalue weighted by Gasteiger charge is -2.20. The number of aliphatic hydroxyl groups excluding tert-OH is 1. The van der Waals surface area contributed by atoms with Gasteiger partial charge < -0.3 is 15.6 Å². The van der Waals surface area contributed by atoms with Gasteiger partial charge in [-0.25, -0.2) is 0 Å². The van der Waals surface area contributed by atoms with Gasteiger partial charge in [-0.3, -0.25) is 4.90 Å². The van der Waals surface area contributed by atoms with E-state index in [1.165, 1.54) is 5.56 Å². The predicted octanol–water partition coefficient (Wildman–Crippen LogP) is 1.36. The second kappa shape index (κ2) is 8.08. The molecule has 1 aromatic rings. The first-order chi connectivity index (χ1) is 8.74. The van der Waals surface area contributed by atoms with Crippen LogP contribution in [-0.4, -0.2) is 36.8 Å². The highest BCUT2D eigenvalue weighted by atomic mass is 16.5. The van der Waals surface area contributed by atoms with Crippen LogP contribution in [-0.2, 0) is 13.1 Å². The molecule has 0 unspecified atom stereocenters. The largest absolute Gasteiger partial charge is 0.496 e. The van der Waals surface area contributed by atoms with Gasteiger partial charge >= 0.3 is 0 Å². The van der Waals surface area contributed by atoms with E-state index >= 15 is 0 Å². The molecule has 0 fully saturated rings. The summed E-state index contributed by atoms with van der Waals surface area (Å²) in [5.41, 5.74) is 7.98. The van der Waals surface area contributed by atoms with Gasteiger partial charge in [0, 0.05) is 31.8 Å². The third-order valence-electron chi connectivity index (χ3n) is 3.05. The summed E-state index contributed by atoms with van der Waals surface area (Å²) in [6.45, 7) is 5.63. The molecule has 0 amide bonds. The standard InChI is InChI=1S/C14H24N2O2/c1-3-16(7-4-8-17)11-12-5-6-14(18-2)13(9-12)10-15/h5-6,9,17H,3-4,7-8,10-11,15H2,1-2H3. The van der Waals surface area contributed by atoms with Gasteiger partial charge in [-0.15, -0.1) is 0 Å². The molecule has 1 aromatic carbocycles. The van der Waals surface area contributed by atoms with Crippen molar-refractivity contribution < 1.29 is 9.84 Å². The minimum atomic E-state index is 0.243. The lowest BCUT2D eigenvalue weighted by atomic mass is 10.1. The van der Waals surface area contributed by atoms with E-state index in [1.807, 2.05) is 6.07 Å². The van der Waals surface area contributed by atoms with Gasteiger partial charge in [0.1, 0.15) is 5.75 Å². The van der Waals surface area contributed by atoms with Crippen LogP contribution in [0.2, 0.25) is 0 Å². The maximum atomic E-state index is 8.87. The average Bonchev–Trinajstić information content (AvgIpc) is 2.43. The third-order valence-corrected chi connectivity index (χ3v) is 3.05. The SMILES string of the molecule is CCN(CCCO)Cc1ccc(OC)c(CN)c1. The highest BCUT2D eigenvalue weighted by Gasteiger charge is 2.06. The molecule has 0 radical (unpaired) electrons. The molecule has 0 aromatic heterocycles. The molecule has 0 atom stereocenters. The zero-order valence-electron chi connectivity index (χ0n) is 11.4. The predicted molar refractivity (Wildman–Crippen MR) is 73.5 cm³/mol. The Hall–Kier alpha value is -1.10. The molecule has 0 aliphatic rings. The van der Waals surface area contributed by atoms with Crippen molar-refractivity contribution >= 4 is 0 Å². The number of methoxy groups -OCH3 is 1. The highest BCUT2D eigenvalue weighted by molar-refractivity contribution is 5.37. The van der Waals surface area contributed by atoms with Crippen molar-refractivity contribution in [3.05, 3.63) is 29.3 Å². The molecule has 4 heteroatoms. The van der Waals surface area contributed by atoms with Crippen LogP contribution >= 0.6 is 0 Å². The number of aliphatic hydroxyl groups is 1. The van der Waals surface area contributed by atoms with Crippen LogP contribution in [0.5, 0.6) is 5.75 Å². The molecule has 102 valence electrons. The lowest BCUT2D eigenvalue weighted by molar-refractivity contribution is 0.225. The molecule has 0 bridgehead atoms. The maximum Gasteiger partial charge on any atom is 0.123 e. The number of ether oxygens (including phenoxy) is 1. The Morgan fingerprint density at radius 1 is 1.39 bits per heavy atom. The smallest absolute Gasteiger partial charge is 0.123 e. The van der Waals surface area contributed by atoms with E-state index in [2.05, 4.69) is 24.0 Å². The summed E-state index contributed by atoms with van der Waals surface area (Å²) < 4.78 is 5.26. The molecule has 0 spiro atoms. The van der Waals surface area contributed by atoms with Gasteiger partial charge in [0.25, 0.3) is 0 Å². The van der Waals surface area contributed by atoms with E-state index in [0.717, 1.165) is 37.4 Å². The van der Waals surface area contributed by atoms with Crippen LogP contribution in [0.1, 0.15) is 24.5 Å². The molecular formula is C14H24N2O2. The van der Waals surface area contributed by atoms with E-state index in [-0.39, 0.29) is 6.61 Å². The highest BCUT2D eigenvalue weighted by Crippen LogP contribution is 2.20. The second-order valence-corrected chi connectivity index (χ2v) is 4.30. The maximum absolute atomic E-state index is 8.87. The Morgan fingerprint density at radius 3 is 2.72 bits per heavy atom. The fourth-order valence-corrected chi connectivity index (χ4v) is 1.99. The van der Waals surface area contributed by atoms with Crippen LogP contribution in [0, 0.1) is 0 Å². The Kier molecular flexibility index (Phi) is 6.72. The topological polar surface area (TPSA) is 58.7 Å². The minimum absolute atomic E-state index is 0.243. The first kappa shape index (κ1) is 15.0. The van der Waals surface area contributed by atoms with Crippen molar-refractivity contribution in [2.75, 3.05) is 26.8 Å². The Labute approximate surface area is 109 Å². The fourth-order valence-electron chi connectivity index (χ4n) is 1.99. The van der Waals surface area contributed by atoms with E-state index in [4.69, 9.17) is 15.6 Å². The van der Waals surface area contributed by atoms with Crippen LogP contribution in [0.25, 0.3) is 0 Å². The number of rotatable bonds is 8. The molecule has 0 aliphatic heterocycles. The third kappa shape index (κ3) is 4.29. The molecule has 0 saturated carbocycles. The van der Waals surface area contributed by atoms with Crippen molar-refractivity contribution in [2.24, 2.45) is 5.73 Å². The fraction of sp³-hybridized carbons (Fsp3) is 0.571. The number of nitrogens with two attached hydrogens (primary N) is 1. The van der Waals surface area contributed by atoms with Gasteiger partial charge in [0.15, 0.2) is 0 Å². The summed E-state index contributed by atoms with van der Waals surface area (Å²) in [5.74, 6) is 0.847. The summed E-state index contributed by atoms with van der Waals surface area (Å²) in [4.78, 5) is 2.30. The Bertz CT molecular complexity index is 356. The Balaban J connectivity index is 2.71. The molecule has 0 heterocycles. The molecule has 1 rings (SSSR count). The normalized spacial score (nSPS) is 10.9. The number of nitrogens with zero attached hydrogens (tertiary/aromatic N) is 1. The van der Waals surface area contributed by atoms with Crippen LogP contribution in [0.4, 0.5) is 0 Å². The van der Waals surface area contributed by atoms with E-state index in [9.17, 15) is 0 Å². The van der Waals surface area contributed by atoms with E-state index < -0.39 is 0 Å². The van der Waals surface area contributed by atoms with Crippen LogP contribution < -0.4 is 10.5 Å². The summed E-state index contributed by atoms with van der Waals surface area (Å²) in [6.07, 6.45) is 0.813. The second-order valence-electron chi connectivity index (χ2n) is 4.30. The average molecular weight is 252 g/mol. The van der Waals surface area contributed by atoms with Crippen LogP contribution in [0.3, 0.4) is 0 Å². The van der Waals surface area contributed by atoms with Gasteiger partial charge in [-0.2, -0.15) is 0 Å². The molecule has 18 heavy (non-hydrogen) atoms. The zero-order valence-corrected chi connectivity index (χ0v) is 11.4. The Morgan fingerprint density at radius 2 is 2.17 bits per heavy atom. The van der Waals surface area contributed by atoms with Gasteiger partial charge in [0.05, 0.1) is 7.11 Å². The van der Waals surface area contributed by atoms with Gasteiger partial charge in [0.2, 0.25) is 0 Å². The molecule has 0 saturated heterocycles. The van der Waals surface area contributed by atoms with Crippen molar-refractivity contribution in [1.29, 1.82) is 0 Å². The van der Waals surface area contributed by atoms with Crippen molar-refractivity contribution in [3.63, 3.8) is 0 Å². The number of hydrogen-bond acceptors (Lipinski definition) is 4. The molecule has 3 N–H and O–H groups in total. The van der Waals surface area contributed by atoms with Gasteiger partial charge in [-0.05, 0) is 30.7 Å². The summed E-state index contributed by atoms with van der Waals surface area (Å²) in [6, 6.07) is 6.14. The van der Waals surface area contributed by atoms with Crippen molar-refractivity contribution in [3.8, 4) is 5.75 Å². The lowest BCUT2D eigenvalue weighted by Crippen LogP contribution is -2.24. The first-order valence-electron chi connectivity index (χ1n) is 6.44. The summed E-state index contributed by atoms with van der Waals surface area (Å²) >= 11 is 0. The van der Waals surface area contributed by atoms with E-state index in [1.54, 1.807) is 7.11 Å². The van der Waals surface area contributed by atoms with Crippen molar-refractivity contribution in [1.82, 2.24) is 4.90 Å². The quantitative estimate of drug-likeness (QED) is 0.733. The van der Waals surface area contributed by atoms with E-state index in [0.29, 0.717) is 6.54 Å². The van der Waals surface area contributed by atoms with Crippen LogP contribution in [0.15, 0.2) is 18.2 Å². The molecule has 0 aliphatic carbocycles.